The fourth-order valence-electron chi connectivity index (χ4n) is 3.48. The molecule has 4 rings (SSSR count). The summed E-state index contributed by atoms with van der Waals surface area (Å²) in [7, 11) is 1.65. The number of fused-ring (bicyclic) bond motifs is 1. The summed E-state index contributed by atoms with van der Waals surface area (Å²) in [5.74, 6) is 0.635. The third kappa shape index (κ3) is 2.85. The Kier molecular flexibility index (Phi) is 4.20. The van der Waals surface area contributed by atoms with Gasteiger partial charge in [0.25, 0.3) is 0 Å². The molecule has 1 saturated heterocycles. The van der Waals surface area contributed by atoms with Gasteiger partial charge in [0.1, 0.15) is 11.3 Å². The molecule has 1 fully saturated rings. The molecule has 26 heavy (non-hydrogen) atoms. The maximum atomic E-state index is 11.2. The van der Waals surface area contributed by atoms with E-state index in [0.717, 1.165) is 28.3 Å². The number of ether oxygens (including phenoxy) is 1. The average molecular weight is 352 g/mol. The van der Waals surface area contributed by atoms with Crippen molar-refractivity contribution in [3.63, 3.8) is 0 Å². The zero-order valence-electron chi connectivity index (χ0n) is 14.5. The van der Waals surface area contributed by atoms with Crippen molar-refractivity contribution >= 4 is 17.3 Å². The quantitative estimate of drug-likeness (QED) is 0.778. The molecule has 1 aromatic carbocycles. The number of para-hydroxylation sites is 1. The number of anilines is 1. The third-order valence-electron chi connectivity index (χ3n) is 4.90. The number of hydrogen-bond donors (Lipinski definition) is 1. The van der Waals surface area contributed by atoms with Gasteiger partial charge in [-0.2, -0.15) is 5.10 Å². The number of benzene rings is 1. The summed E-state index contributed by atoms with van der Waals surface area (Å²) >= 11 is 0. The molecule has 0 atom stereocenters. The van der Waals surface area contributed by atoms with Crippen LogP contribution >= 0.6 is 0 Å². The summed E-state index contributed by atoms with van der Waals surface area (Å²) in [5.41, 5.74) is 2.65. The van der Waals surface area contributed by atoms with Crippen molar-refractivity contribution in [2.24, 2.45) is 5.92 Å². The number of nitrogens with zero attached hydrogens (tertiary/aromatic N) is 4. The first-order chi connectivity index (χ1) is 12.7. The number of hydrogen-bond acceptors (Lipinski definition) is 5. The van der Waals surface area contributed by atoms with E-state index in [4.69, 9.17) is 4.74 Å². The number of methoxy groups -OCH3 is 1. The predicted octanol–water partition coefficient (Wildman–Crippen LogP) is 2.71. The molecule has 7 heteroatoms. The van der Waals surface area contributed by atoms with Gasteiger partial charge in [0.05, 0.1) is 18.7 Å². The molecule has 0 spiro atoms. The van der Waals surface area contributed by atoms with E-state index in [0.29, 0.717) is 25.9 Å². The molecular weight excluding hydrogens is 332 g/mol. The Morgan fingerprint density at radius 3 is 2.77 bits per heavy atom. The molecule has 0 saturated carbocycles. The van der Waals surface area contributed by atoms with Gasteiger partial charge in [-0.3, -0.25) is 4.79 Å². The average Bonchev–Trinajstić information content (AvgIpc) is 3.12. The van der Waals surface area contributed by atoms with Crippen LogP contribution in [-0.4, -0.2) is 45.9 Å². The summed E-state index contributed by atoms with van der Waals surface area (Å²) in [6.45, 7) is 1.36. The number of carboxylic acids is 1. The summed E-state index contributed by atoms with van der Waals surface area (Å²) in [4.78, 5) is 17.8. The molecule has 0 radical (unpaired) electrons. The van der Waals surface area contributed by atoms with Crippen molar-refractivity contribution in [1.82, 2.24) is 14.6 Å². The lowest BCUT2D eigenvalue weighted by atomic mass is 9.97. The highest BCUT2D eigenvalue weighted by Crippen LogP contribution is 2.32. The van der Waals surface area contributed by atoms with Gasteiger partial charge in [0.15, 0.2) is 5.82 Å². The highest BCUT2D eigenvalue weighted by Gasteiger charge is 2.26. The number of carbonyl (C=O) groups is 1. The van der Waals surface area contributed by atoms with E-state index in [1.807, 2.05) is 41.0 Å². The summed E-state index contributed by atoms with van der Waals surface area (Å²) in [6.07, 6.45) is 4.81. The molecule has 1 aliphatic heterocycles. The maximum Gasteiger partial charge on any atom is 0.306 e. The van der Waals surface area contributed by atoms with Gasteiger partial charge in [0.2, 0.25) is 0 Å². The topological polar surface area (TPSA) is 80.0 Å². The Balaban J connectivity index is 1.70. The Morgan fingerprint density at radius 1 is 1.27 bits per heavy atom. The molecule has 0 amide bonds. The van der Waals surface area contributed by atoms with E-state index in [-0.39, 0.29) is 5.92 Å². The van der Waals surface area contributed by atoms with Crippen LogP contribution in [0.15, 0.2) is 42.7 Å². The fourth-order valence-corrected chi connectivity index (χ4v) is 3.48. The summed E-state index contributed by atoms with van der Waals surface area (Å²) < 4.78 is 7.26. The SMILES string of the molecule is COc1ccccc1-c1cc2c(N3CCC(C(=O)O)CC3)nccn2n1. The molecule has 1 aliphatic rings. The maximum absolute atomic E-state index is 11.2. The largest absolute Gasteiger partial charge is 0.496 e. The van der Waals surface area contributed by atoms with Gasteiger partial charge in [-0.25, -0.2) is 9.50 Å². The molecule has 1 N–H and O–H groups in total. The van der Waals surface area contributed by atoms with Crippen LogP contribution < -0.4 is 9.64 Å². The highest BCUT2D eigenvalue weighted by molar-refractivity contribution is 5.78. The minimum Gasteiger partial charge on any atom is -0.496 e. The van der Waals surface area contributed by atoms with Crippen LogP contribution in [0.25, 0.3) is 16.8 Å². The molecule has 0 aliphatic carbocycles. The summed E-state index contributed by atoms with van der Waals surface area (Å²) in [5, 5.41) is 13.9. The van der Waals surface area contributed by atoms with Crippen molar-refractivity contribution in [3.05, 3.63) is 42.7 Å². The number of piperidine rings is 1. The van der Waals surface area contributed by atoms with Gasteiger partial charge in [0, 0.05) is 31.0 Å². The van der Waals surface area contributed by atoms with Crippen LogP contribution in [-0.2, 0) is 4.79 Å². The van der Waals surface area contributed by atoms with Crippen molar-refractivity contribution in [2.45, 2.75) is 12.8 Å². The molecule has 2 aromatic heterocycles. The van der Waals surface area contributed by atoms with Gasteiger partial charge in [-0.1, -0.05) is 12.1 Å². The normalized spacial score (nSPS) is 15.3. The van der Waals surface area contributed by atoms with Crippen LogP contribution in [0.4, 0.5) is 5.82 Å². The summed E-state index contributed by atoms with van der Waals surface area (Å²) in [6, 6.07) is 9.78. The zero-order chi connectivity index (χ0) is 18.1. The first kappa shape index (κ1) is 16.4. The Morgan fingerprint density at radius 2 is 2.04 bits per heavy atom. The number of rotatable bonds is 4. The first-order valence-electron chi connectivity index (χ1n) is 8.63. The van der Waals surface area contributed by atoms with Crippen molar-refractivity contribution in [1.29, 1.82) is 0 Å². The molecule has 0 bridgehead atoms. The Bertz CT molecular complexity index is 945. The highest BCUT2D eigenvalue weighted by atomic mass is 16.5. The first-order valence-corrected chi connectivity index (χ1v) is 8.63. The molecule has 3 aromatic rings. The molecule has 7 nitrogen and oxygen atoms in total. The monoisotopic (exact) mass is 352 g/mol. The second-order valence-corrected chi connectivity index (χ2v) is 6.41. The van der Waals surface area contributed by atoms with Crippen molar-refractivity contribution in [2.75, 3.05) is 25.1 Å². The van der Waals surface area contributed by atoms with Crippen molar-refractivity contribution < 1.29 is 14.6 Å². The Hall–Kier alpha value is -3.09. The predicted molar refractivity (Wildman–Crippen MR) is 97.5 cm³/mol. The van der Waals surface area contributed by atoms with E-state index in [9.17, 15) is 9.90 Å². The van der Waals surface area contributed by atoms with E-state index in [2.05, 4.69) is 15.0 Å². The standard InChI is InChI=1S/C19H20N4O3/c1-26-17-5-3-2-4-14(17)15-12-16-18(20-8-11-23(16)21-15)22-9-6-13(7-10-22)19(24)25/h2-5,8,11-13H,6-7,9-10H2,1H3,(H,24,25). The van der Waals surface area contributed by atoms with Crippen LogP contribution in [0.1, 0.15) is 12.8 Å². The Labute approximate surface area is 150 Å². The van der Waals surface area contributed by atoms with Crippen LogP contribution in [0.5, 0.6) is 5.75 Å². The van der Waals surface area contributed by atoms with E-state index < -0.39 is 5.97 Å². The molecule has 3 heterocycles. The van der Waals surface area contributed by atoms with E-state index in [1.165, 1.54) is 0 Å². The van der Waals surface area contributed by atoms with Crippen LogP contribution in [0, 0.1) is 5.92 Å². The smallest absolute Gasteiger partial charge is 0.306 e. The minimum absolute atomic E-state index is 0.264. The molecule has 134 valence electrons. The van der Waals surface area contributed by atoms with E-state index in [1.54, 1.807) is 13.3 Å². The lowest BCUT2D eigenvalue weighted by molar-refractivity contribution is -0.142. The molecule has 0 unspecified atom stereocenters. The van der Waals surface area contributed by atoms with Gasteiger partial charge < -0.3 is 14.7 Å². The van der Waals surface area contributed by atoms with Crippen molar-refractivity contribution in [3.8, 4) is 17.0 Å². The minimum atomic E-state index is -0.710. The second kappa shape index (κ2) is 6.67. The fraction of sp³-hybridized carbons (Fsp3) is 0.316. The zero-order valence-corrected chi connectivity index (χ0v) is 14.5. The van der Waals surface area contributed by atoms with Gasteiger partial charge >= 0.3 is 5.97 Å². The lowest BCUT2D eigenvalue weighted by Crippen LogP contribution is -2.37. The van der Waals surface area contributed by atoms with Gasteiger partial charge in [-0.15, -0.1) is 0 Å². The molecular formula is C19H20N4O3. The second-order valence-electron chi connectivity index (χ2n) is 6.41. The van der Waals surface area contributed by atoms with Crippen LogP contribution in [0.2, 0.25) is 0 Å². The van der Waals surface area contributed by atoms with Gasteiger partial charge in [-0.05, 0) is 31.0 Å². The number of aromatic nitrogens is 3. The van der Waals surface area contributed by atoms with E-state index >= 15 is 0 Å². The number of aliphatic carboxylic acids is 1. The number of carboxylic acid groups (broad SMARTS) is 1. The lowest BCUT2D eigenvalue weighted by Gasteiger charge is -2.31. The van der Waals surface area contributed by atoms with Crippen LogP contribution in [0.3, 0.4) is 0 Å². The third-order valence-corrected chi connectivity index (χ3v) is 4.90.